The maximum atomic E-state index is 14.3. The van der Waals surface area contributed by atoms with Crippen molar-refractivity contribution in [1.29, 1.82) is 0 Å². The van der Waals surface area contributed by atoms with Crippen LogP contribution in [0.3, 0.4) is 0 Å². The van der Waals surface area contributed by atoms with Crippen LogP contribution in [-0.4, -0.2) is 80.8 Å². The van der Waals surface area contributed by atoms with E-state index in [0.29, 0.717) is 16.5 Å². The van der Waals surface area contributed by atoms with Gasteiger partial charge in [-0.3, -0.25) is 9.59 Å². The van der Waals surface area contributed by atoms with Crippen molar-refractivity contribution in [3.63, 3.8) is 0 Å². The molecule has 0 bridgehead atoms. The average molecular weight is 596 g/mol. The molecule has 1 aromatic carbocycles. The number of likely N-dealkylation sites (tertiary alicyclic amines) is 2. The third kappa shape index (κ3) is 7.41. The van der Waals surface area contributed by atoms with Crippen molar-refractivity contribution >= 4 is 34.9 Å². The van der Waals surface area contributed by atoms with Gasteiger partial charge in [-0.1, -0.05) is 37.3 Å². The Balaban J connectivity index is 1.40. The highest BCUT2D eigenvalue weighted by Crippen LogP contribution is 2.41. The second-order valence-corrected chi connectivity index (χ2v) is 13.5. The average Bonchev–Trinajstić information content (AvgIpc) is 3.44. The quantitative estimate of drug-likeness (QED) is 0.288. The van der Waals surface area contributed by atoms with Gasteiger partial charge in [-0.2, -0.15) is 0 Å². The molecule has 3 aliphatic rings. The smallest absolute Gasteiger partial charge is 0.353 e. The Morgan fingerprint density at radius 2 is 1.45 bits per heavy atom. The third-order valence-corrected chi connectivity index (χ3v) is 10.5. The first-order valence-corrected chi connectivity index (χ1v) is 16.3. The summed E-state index contributed by atoms with van der Waals surface area (Å²) in [6.45, 7) is 5.33. The summed E-state index contributed by atoms with van der Waals surface area (Å²) in [5.41, 5.74) is 1.61. The van der Waals surface area contributed by atoms with Crippen LogP contribution in [0.1, 0.15) is 68.0 Å². The molecule has 1 aliphatic carbocycles. The van der Waals surface area contributed by atoms with Crippen LogP contribution in [0.25, 0.3) is 10.4 Å². The van der Waals surface area contributed by atoms with Gasteiger partial charge < -0.3 is 24.2 Å². The van der Waals surface area contributed by atoms with Crippen LogP contribution in [0.15, 0.2) is 36.4 Å². The van der Waals surface area contributed by atoms with Gasteiger partial charge >= 0.3 is 11.9 Å². The molecule has 0 radical (unpaired) electrons. The number of hydrogen-bond acceptors (Lipinski definition) is 8. The Kier molecular flexibility index (Phi) is 10.3. The number of piperidine rings is 2. The van der Waals surface area contributed by atoms with Crippen molar-refractivity contribution in [1.82, 2.24) is 9.80 Å². The number of amides is 1. The molecule has 228 valence electrons. The van der Waals surface area contributed by atoms with Crippen LogP contribution in [0, 0.1) is 17.8 Å². The topological polar surface area (TPSA) is 79.4 Å². The number of benzene rings is 1. The molecule has 0 unspecified atom stereocenters. The van der Waals surface area contributed by atoms with Crippen LogP contribution in [0.4, 0.5) is 5.69 Å². The molecule has 3 fully saturated rings. The SMILES string of the molecule is CC1CCC(C(=O)N(c2cc(-c3ccccc3)sc2C(=O)OCOC(=O)C2CCN(C)CC2)C2CCN(C)CC2)CC1. The molecule has 42 heavy (non-hydrogen) atoms. The predicted octanol–water partition coefficient (Wildman–Crippen LogP) is 5.67. The number of anilines is 1. The molecule has 2 aliphatic heterocycles. The number of hydrogen-bond donors (Lipinski definition) is 0. The van der Waals surface area contributed by atoms with Crippen molar-refractivity contribution in [2.45, 2.75) is 64.3 Å². The molecule has 0 spiro atoms. The zero-order valence-electron chi connectivity index (χ0n) is 25.3. The van der Waals surface area contributed by atoms with Crippen LogP contribution in [-0.2, 0) is 19.1 Å². The van der Waals surface area contributed by atoms with Gasteiger partial charge in [0.1, 0.15) is 4.88 Å². The van der Waals surface area contributed by atoms with Gasteiger partial charge in [-0.15, -0.1) is 11.3 Å². The van der Waals surface area contributed by atoms with E-state index in [1.165, 1.54) is 11.3 Å². The highest BCUT2D eigenvalue weighted by Gasteiger charge is 2.37. The van der Waals surface area contributed by atoms with Gasteiger partial charge in [0.15, 0.2) is 0 Å². The molecule has 2 saturated heterocycles. The molecule has 0 N–H and O–H groups in total. The summed E-state index contributed by atoms with van der Waals surface area (Å²) in [5, 5.41) is 0. The maximum absolute atomic E-state index is 14.3. The van der Waals surface area contributed by atoms with E-state index in [-0.39, 0.29) is 29.8 Å². The summed E-state index contributed by atoms with van der Waals surface area (Å²) in [6.07, 6.45) is 7.05. The third-order valence-electron chi connectivity index (χ3n) is 9.31. The van der Waals surface area contributed by atoms with Crippen LogP contribution in [0.5, 0.6) is 0 Å². The molecule has 8 nitrogen and oxygen atoms in total. The summed E-state index contributed by atoms with van der Waals surface area (Å²) in [6, 6.07) is 11.9. The lowest BCUT2D eigenvalue weighted by molar-refractivity contribution is -0.158. The van der Waals surface area contributed by atoms with E-state index < -0.39 is 12.8 Å². The molecular weight excluding hydrogens is 550 g/mol. The fourth-order valence-electron chi connectivity index (χ4n) is 6.47. The summed E-state index contributed by atoms with van der Waals surface area (Å²) < 4.78 is 11.0. The van der Waals surface area contributed by atoms with Gasteiger partial charge in [-0.05, 0) is 109 Å². The molecule has 0 atom stereocenters. The lowest BCUT2D eigenvalue weighted by Gasteiger charge is -2.40. The van der Waals surface area contributed by atoms with Gasteiger partial charge in [0, 0.05) is 16.8 Å². The van der Waals surface area contributed by atoms with Crippen molar-refractivity contribution in [2.24, 2.45) is 17.8 Å². The fourth-order valence-corrected chi connectivity index (χ4v) is 7.52. The van der Waals surface area contributed by atoms with E-state index in [9.17, 15) is 14.4 Å². The Hall–Kier alpha value is -2.75. The van der Waals surface area contributed by atoms with E-state index in [1.54, 1.807) is 0 Å². The molecule has 1 amide bonds. The van der Waals surface area contributed by atoms with E-state index in [2.05, 4.69) is 23.8 Å². The zero-order chi connectivity index (χ0) is 29.6. The minimum atomic E-state index is -0.559. The predicted molar refractivity (Wildman–Crippen MR) is 165 cm³/mol. The van der Waals surface area contributed by atoms with Crippen molar-refractivity contribution in [3.05, 3.63) is 41.3 Å². The minimum Gasteiger partial charge on any atom is -0.428 e. The maximum Gasteiger partial charge on any atom is 0.353 e. The lowest BCUT2D eigenvalue weighted by Crippen LogP contribution is -2.49. The Bertz CT molecular complexity index is 1210. The van der Waals surface area contributed by atoms with Crippen molar-refractivity contribution < 1.29 is 23.9 Å². The van der Waals surface area contributed by atoms with Gasteiger partial charge in [0.05, 0.1) is 11.6 Å². The Morgan fingerprint density at radius 3 is 2.10 bits per heavy atom. The first kappa shape index (κ1) is 30.7. The normalized spacial score (nSPS) is 22.9. The van der Waals surface area contributed by atoms with E-state index in [0.717, 1.165) is 88.0 Å². The molecular formula is C33H45N3O5S. The molecule has 9 heteroatoms. The zero-order valence-corrected chi connectivity index (χ0v) is 26.1. The number of nitrogens with zero attached hydrogens (tertiary/aromatic N) is 3. The second kappa shape index (κ2) is 14.1. The Morgan fingerprint density at radius 1 is 0.833 bits per heavy atom. The van der Waals surface area contributed by atoms with Gasteiger partial charge in [0.25, 0.3) is 0 Å². The first-order valence-electron chi connectivity index (χ1n) is 15.5. The monoisotopic (exact) mass is 595 g/mol. The molecule has 1 aromatic heterocycles. The van der Waals surface area contributed by atoms with E-state index in [4.69, 9.17) is 9.47 Å². The van der Waals surface area contributed by atoms with Crippen molar-refractivity contribution in [3.8, 4) is 10.4 Å². The summed E-state index contributed by atoms with van der Waals surface area (Å²) in [4.78, 5) is 48.3. The molecule has 2 aromatic rings. The minimum absolute atomic E-state index is 0.0140. The standard InChI is InChI=1S/C33H45N3O5S/c1-23-9-11-25(12-10-23)31(37)36(27-15-19-35(3)20-16-27)28-21-29(24-7-5-4-6-8-24)42-30(28)33(39)41-22-40-32(38)26-13-17-34(2)18-14-26/h4-8,21,23,25-27H,9-20,22H2,1-3H3. The second-order valence-electron chi connectivity index (χ2n) is 12.5. The highest BCUT2D eigenvalue weighted by molar-refractivity contribution is 7.18. The van der Waals surface area contributed by atoms with Gasteiger partial charge in [0.2, 0.25) is 12.7 Å². The molecule has 3 heterocycles. The van der Waals surface area contributed by atoms with Crippen LogP contribution < -0.4 is 4.90 Å². The summed E-state index contributed by atoms with van der Waals surface area (Å²) >= 11 is 1.34. The van der Waals surface area contributed by atoms with Crippen LogP contribution in [0.2, 0.25) is 0 Å². The Labute approximate surface area is 253 Å². The van der Waals surface area contributed by atoms with Gasteiger partial charge in [-0.25, -0.2) is 4.79 Å². The highest BCUT2D eigenvalue weighted by atomic mass is 32.1. The molecule has 1 saturated carbocycles. The van der Waals surface area contributed by atoms with E-state index in [1.807, 2.05) is 48.3 Å². The number of ether oxygens (including phenoxy) is 2. The first-order chi connectivity index (χ1) is 20.3. The number of carbonyl (C=O) groups is 3. The van der Waals surface area contributed by atoms with E-state index >= 15 is 0 Å². The summed E-state index contributed by atoms with van der Waals surface area (Å²) in [5.74, 6) is -0.327. The number of esters is 2. The largest absolute Gasteiger partial charge is 0.428 e. The molecule has 5 rings (SSSR count). The summed E-state index contributed by atoms with van der Waals surface area (Å²) in [7, 11) is 4.15. The number of rotatable bonds is 8. The number of thiophene rings is 1. The number of carbonyl (C=O) groups excluding carboxylic acids is 3. The van der Waals surface area contributed by atoms with Crippen LogP contribution >= 0.6 is 11.3 Å². The lowest BCUT2D eigenvalue weighted by atomic mass is 9.82. The van der Waals surface area contributed by atoms with Crippen molar-refractivity contribution in [2.75, 3.05) is 52.0 Å². The fraction of sp³-hybridized carbons (Fsp3) is 0.606.